The number of hydrogen-bond acceptors (Lipinski definition) is 5. The Hall–Kier alpha value is -1.67. The number of sulfonamides is 1. The van der Waals surface area contributed by atoms with E-state index in [4.69, 9.17) is 0 Å². The highest BCUT2D eigenvalue weighted by Gasteiger charge is 2.06. The number of nitrogens with zero attached hydrogens (tertiary/aromatic N) is 1. The molecule has 3 N–H and O–H groups in total. The number of anilines is 1. The molecule has 0 fully saturated rings. The maximum absolute atomic E-state index is 11.6. The molecule has 18 heavy (non-hydrogen) atoms. The summed E-state index contributed by atoms with van der Waals surface area (Å²) in [4.78, 5) is 15.6. The highest BCUT2D eigenvalue weighted by atomic mass is 32.2. The molecule has 0 aliphatic rings. The molecular weight excluding hydrogens is 256 g/mol. The number of aromatic nitrogens is 1. The average Bonchev–Trinajstić information content (AvgIpc) is 2.33. The fourth-order valence-electron chi connectivity index (χ4n) is 1.18. The Balaban J connectivity index is 2.40. The van der Waals surface area contributed by atoms with Gasteiger partial charge in [0.05, 0.1) is 18.1 Å². The van der Waals surface area contributed by atoms with Crippen molar-refractivity contribution in [2.45, 2.75) is 0 Å². The van der Waals surface area contributed by atoms with Crippen LogP contribution in [0.3, 0.4) is 0 Å². The Morgan fingerprint density at radius 2 is 2.06 bits per heavy atom. The molecule has 1 rings (SSSR count). The van der Waals surface area contributed by atoms with E-state index >= 15 is 0 Å². The van der Waals surface area contributed by atoms with Crippen molar-refractivity contribution in [3.05, 3.63) is 24.0 Å². The van der Waals surface area contributed by atoms with Crippen LogP contribution < -0.4 is 15.4 Å². The molecule has 0 radical (unpaired) electrons. The number of amides is 1. The standard InChI is InChI=1S/C10H16N4O3S/c1-11-8-3-4-9(13-7-8)10(15)12-5-6-14-18(2,16)17/h3-4,7,11,14H,5-6H2,1-2H3,(H,12,15). The Morgan fingerprint density at radius 3 is 2.56 bits per heavy atom. The first-order valence-electron chi connectivity index (χ1n) is 5.29. The quantitative estimate of drug-likeness (QED) is 0.601. The van der Waals surface area contributed by atoms with Crippen LogP contribution in [0, 0.1) is 0 Å². The first-order chi connectivity index (χ1) is 8.42. The molecule has 100 valence electrons. The van der Waals surface area contributed by atoms with E-state index in [1.807, 2.05) is 0 Å². The number of rotatable bonds is 6. The van der Waals surface area contributed by atoms with Gasteiger partial charge in [-0.15, -0.1) is 0 Å². The molecule has 0 atom stereocenters. The van der Waals surface area contributed by atoms with Crippen molar-refractivity contribution in [3.63, 3.8) is 0 Å². The molecule has 1 amide bonds. The van der Waals surface area contributed by atoms with Crippen molar-refractivity contribution < 1.29 is 13.2 Å². The molecule has 0 saturated carbocycles. The highest BCUT2D eigenvalue weighted by molar-refractivity contribution is 7.88. The third kappa shape index (κ3) is 5.11. The monoisotopic (exact) mass is 272 g/mol. The van der Waals surface area contributed by atoms with Gasteiger partial charge in [0.25, 0.3) is 5.91 Å². The third-order valence-electron chi connectivity index (χ3n) is 2.06. The molecule has 0 bridgehead atoms. The second kappa shape index (κ2) is 6.31. The normalized spacial score (nSPS) is 11.0. The summed E-state index contributed by atoms with van der Waals surface area (Å²) in [5.41, 5.74) is 1.10. The highest BCUT2D eigenvalue weighted by Crippen LogP contribution is 2.04. The molecule has 1 aromatic heterocycles. The summed E-state index contributed by atoms with van der Waals surface area (Å²) in [6.45, 7) is 0.362. The molecule has 0 aromatic carbocycles. The van der Waals surface area contributed by atoms with Gasteiger partial charge in [0.1, 0.15) is 5.69 Å². The lowest BCUT2D eigenvalue weighted by Crippen LogP contribution is -2.34. The van der Waals surface area contributed by atoms with Crippen molar-refractivity contribution in [1.29, 1.82) is 0 Å². The van der Waals surface area contributed by atoms with Crippen LogP contribution in [-0.4, -0.2) is 45.7 Å². The fraction of sp³-hybridized carbons (Fsp3) is 0.400. The Bertz CT molecular complexity index is 498. The first-order valence-corrected chi connectivity index (χ1v) is 7.18. The lowest BCUT2D eigenvalue weighted by atomic mass is 10.3. The average molecular weight is 272 g/mol. The summed E-state index contributed by atoms with van der Waals surface area (Å²) in [6, 6.07) is 3.32. The van der Waals surface area contributed by atoms with E-state index < -0.39 is 10.0 Å². The predicted octanol–water partition coefficient (Wildman–Crippen LogP) is -0.598. The molecule has 0 aliphatic heterocycles. The zero-order chi connectivity index (χ0) is 13.6. The van der Waals surface area contributed by atoms with Crippen LogP contribution >= 0.6 is 0 Å². The van der Waals surface area contributed by atoms with Gasteiger partial charge >= 0.3 is 0 Å². The number of hydrogen-bond donors (Lipinski definition) is 3. The van der Waals surface area contributed by atoms with Crippen LogP contribution in [0.25, 0.3) is 0 Å². The van der Waals surface area contributed by atoms with Crippen molar-refractivity contribution in [2.75, 3.05) is 31.7 Å². The van der Waals surface area contributed by atoms with E-state index in [9.17, 15) is 13.2 Å². The Labute approximate surface area is 106 Å². The van der Waals surface area contributed by atoms with Crippen LogP contribution in [0.15, 0.2) is 18.3 Å². The van der Waals surface area contributed by atoms with Gasteiger partial charge in [-0.1, -0.05) is 0 Å². The number of carbonyl (C=O) groups excluding carboxylic acids is 1. The SMILES string of the molecule is CNc1ccc(C(=O)NCCNS(C)(=O)=O)nc1. The predicted molar refractivity (Wildman–Crippen MR) is 69.0 cm³/mol. The Morgan fingerprint density at radius 1 is 1.33 bits per heavy atom. The van der Waals surface area contributed by atoms with Gasteiger partial charge in [0.2, 0.25) is 10.0 Å². The van der Waals surface area contributed by atoms with E-state index in [2.05, 4.69) is 20.3 Å². The summed E-state index contributed by atoms with van der Waals surface area (Å²) in [5.74, 6) is -0.340. The summed E-state index contributed by atoms with van der Waals surface area (Å²) in [6.07, 6.45) is 2.61. The summed E-state index contributed by atoms with van der Waals surface area (Å²) in [7, 11) is -1.46. The molecule has 0 unspecified atom stereocenters. The molecule has 8 heteroatoms. The van der Waals surface area contributed by atoms with Crippen molar-refractivity contribution in [1.82, 2.24) is 15.0 Å². The minimum absolute atomic E-state index is 0.152. The summed E-state index contributed by atoms with van der Waals surface area (Å²) < 4.78 is 23.8. The number of nitrogens with one attached hydrogen (secondary N) is 3. The van der Waals surface area contributed by atoms with Gasteiger partial charge in [0, 0.05) is 20.1 Å². The number of pyridine rings is 1. The first kappa shape index (κ1) is 14.4. The van der Waals surface area contributed by atoms with Gasteiger partial charge in [-0.3, -0.25) is 4.79 Å². The van der Waals surface area contributed by atoms with E-state index in [0.717, 1.165) is 11.9 Å². The molecule has 0 aliphatic carbocycles. The fourth-order valence-corrected chi connectivity index (χ4v) is 1.65. The maximum atomic E-state index is 11.6. The molecule has 7 nitrogen and oxygen atoms in total. The van der Waals surface area contributed by atoms with E-state index in [1.54, 1.807) is 25.4 Å². The summed E-state index contributed by atoms with van der Waals surface area (Å²) >= 11 is 0. The van der Waals surface area contributed by atoms with Gasteiger partial charge in [-0.05, 0) is 12.1 Å². The minimum atomic E-state index is -3.22. The van der Waals surface area contributed by atoms with Crippen LogP contribution in [-0.2, 0) is 10.0 Å². The van der Waals surface area contributed by atoms with Crippen molar-refractivity contribution in [2.24, 2.45) is 0 Å². The molecular formula is C10H16N4O3S. The largest absolute Gasteiger partial charge is 0.387 e. The lowest BCUT2D eigenvalue weighted by molar-refractivity contribution is 0.0949. The number of carbonyl (C=O) groups is 1. The molecule has 1 aromatic rings. The smallest absolute Gasteiger partial charge is 0.269 e. The van der Waals surface area contributed by atoms with E-state index in [1.165, 1.54) is 0 Å². The zero-order valence-corrected chi connectivity index (χ0v) is 11.0. The minimum Gasteiger partial charge on any atom is -0.387 e. The summed E-state index contributed by atoms with van der Waals surface area (Å²) in [5, 5.41) is 5.45. The van der Waals surface area contributed by atoms with E-state index in [0.29, 0.717) is 0 Å². The van der Waals surface area contributed by atoms with Crippen LogP contribution in [0.2, 0.25) is 0 Å². The second-order valence-corrected chi connectivity index (χ2v) is 5.44. The van der Waals surface area contributed by atoms with Crippen LogP contribution in [0.4, 0.5) is 5.69 Å². The maximum Gasteiger partial charge on any atom is 0.269 e. The van der Waals surface area contributed by atoms with Gasteiger partial charge in [-0.25, -0.2) is 18.1 Å². The van der Waals surface area contributed by atoms with Crippen molar-refractivity contribution in [3.8, 4) is 0 Å². The molecule has 0 spiro atoms. The topological polar surface area (TPSA) is 100 Å². The zero-order valence-electron chi connectivity index (χ0n) is 10.2. The second-order valence-electron chi connectivity index (χ2n) is 3.60. The van der Waals surface area contributed by atoms with Crippen LogP contribution in [0.5, 0.6) is 0 Å². The lowest BCUT2D eigenvalue weighted by Gasteiger charge is -2.05. The van der Waals surface area contributed by atoms with Gasteiger partial charge in [0.15, 0.2) is 0 Å². The van der Waals surface area contributed by atoms with Crippen LogP contribution in [0.1, 0.15) is 10.5 Å². The van der Waals surface area contributed by atoms with Gasteiger partial charge < -0.3 is 10.6 Å². The molecule has 1 heterocycles. The van der Waals surface area contributed by atoms with E-state index in [-0.39, 0.29) is 24.7 Å². The van der Waals surface area contributed by atoms with Crippen molar-refractivity contribution >= 4 is 21.6 Å². The Kier molecular flexibility index (Phi) is 5.05. The van der Waals surface area contributed by atoms with Gasteiger partial charge in [-0.2, -0.15) is 0 Å². The third-order valence-corrected chi connectivity index (χ3v) is 2.79. The molecule has 0 saturated heterocycles.